The predicted molar refractivity (Wildman–Crippen MR) is 85.0 cm³/mol. The molecule has 0 spiro atoms. The number of hydrogen-bond donors (Lipinski definition) is 3. The number of amides is 2. The van der Waals surface area contributed by atoms with Crippen molar-refractivity contribution >= 4 is 35.0 Å². The quantitative estimate of drug-likeness (QED) is 0.719. The molecule has 0 aliphatic carbocycles. The molecule has 1 atom stereocenters. The molecule has 0 aliphatic rings. The van der Waals surface area contributed by atoms with Gasteiger partial charge in [-0.15, -0.1) is 0 Å². The van der Waals surface area contributed by atoms with Crippen molar-refractivity contribution in [3.8, 4) is 0 Å². The molecule has 0 fully saturated rings. The standard InChI is InChI=1S/C14H21N3O2S/c1-3-13(18)16-10-5-4-6-11(9-10)17-14(19)12(15)7-8-20-2/h4-6,9,12H,3,7-8,15H2,1-2H3,(H,16,18)(H,17,19)/t12-/m0/s1. The van der Waals surface area contributed by atoms with Gasteiger partial charge in [-0.25, -0.2) is 0 Å². The zero-order valence-electron chi connectivity index (χ0n) is 11.8. The van der Waals surface area contributed by atoms with Gasteiger partial charge in [0.1, 0.15) is 0 Å². The topological polar surface area (TPSA) is 84.2 Å². The first-order valence-corrected chi connectivity index (χ1v) is 7.91. The summed E-state index contributed by atoms with van der Waals surface area (Å²) in [6, 6.07) is 6.51. The first kappa shape index (κ1) is 16.5. The van der Waals surface area contributed by atoms with E-state index in [0.29, 0.717) is 24.2 Å². The summed E-state index contributed by atoms with van der Waals surface area (Å²) in [6.07, 6.45) is 3.03. The Morgan fingerprint density at radius 1 is 1.30 bits per heavy atom. The molecule has 20 heavy (non-hydrogen) atoms. The highest BCUT2D eigenvalue weighted by Gasteiger charge is 2.13. The lowest BCUT2D eigenvalue weighted by atomic mass is 10.2. The van der Waals surface area contributed by atoms with Gasteiger partial charge in [0.25, 0.3) is 0 Å². The first-order valence-electron chi connectivity index (χ1n) is 6.52. The number of anilines is 2. The third-order valence-electron chi connectivity index (χ3n) is 2.70. The second-order valence-electron chi connectivity index (χ2n) is 4.36. The monoisotopic (exact) mass is 295 g/mol. The van der Waals surface area contributed by atoms with Gasteiger partial charge in [0.15, 0.2) is 0 Å². The second kappa shape index (κ2) is 8.60. The number of benzene rings is 1. The minimum atomic E-state index is -0.517. The van der Waals surface area contributed by atoms with Crippen molar-refractivity contribution in [2.45, 2.75) is 25.8 Å². The predicted octanol–water partition coefficient (Wildman–Crippen LogP) is 2.05. The van der Waals surface area contributed by atoms with E-state index in [-0.39, 0.29) is 11.8 Å². The molecule has 1 rings (SSSR count). The van der Waals surface area contributed by atoms with Crippen LogP contribution in [0.1, 0.15) is 19.8 Å². The van der Waals surface area contributed by atoms with E-state index in [1.165, 1.54) is 0 Å². The summed E-state index contributed by atoms with van der Waals surface area (Å²) in [5, 5.41) is 5.50. The molecule has 0 bridgehead atoms. The average Bonchev–Trinajstić information content (AvgIpc) is 2.44. The van der Waals surface area contributed by atoms with Crippen molar-refractivity contribution < 1.29 is 9.59 Å². The van der Waals surface area contributed by atoms with Crippen LogP contribution >= 0.6 is 11.8 Å². The van der Waals surface area contributed by atoms with E-state index >= 15 is 0 Å². The molecular formula is C14H21N3O2S. The Hall–Kier alpha value is -1.53. The molecule has 110 valence electrons. The van der Waals surface area contributed by atoms with E-state index in [1.807, 2.05) is 6.26 Å². The van der Waals surface area contributed by atoms with Gasteiger partial charge in [0.05, 0.1) is 6.04 Å². The van der Waals surface area contributed by atoms with Gasteiger partial charge in [0.2, 0.25) is 11.8 Å². The Morgan fingerprint density at radius 2 is 1.95 bits per heavy atom. The lowest BCUT2D eigenvalue weighted by Gasteiger charge is -2.12. The second-order valence-corrected chi connectivity index (χ2v) is 5.35. The van der Waals surface area contributed by atoms with Crippen LogP contribution in [0.25, 0.3) is 0 Å². The van der Waals surface area contributed by atoms with E-state index in [0.717, 1.165) is 5.75 Å². The highest BCUT2D eigenvalue weighted by molar-refractivity contribution is 7.98. The Morgan fingerprint density at radius 3 is 2.55 bits per heavy atom. The van der Waals surface area contributed by atoms with Crippen molar-refractivity contribution in [2.24, 2.45) is 5.73 Å². The largest absolute Gasteiger partial charge is 0.326 e. The van der Waals surface area contributed by atoms with Crippen LogP contribution in [0.5, 0.6) is 0 Å². The maximum Gasteiger partial charge on any atom is 0.241 e. The molecule has 0 saturated carbocycles. The van der Waals surface area contributed by atoms with Crippen molar-refractivity contribution in [3.05, 3.63) is 24.3 Å². The molecule has 5 nitrogen and oxygen atoms in total. The Balaban J connectivity index is 2.61. The number of carbonyl (C=O) groups excluding carboxylic acids is 2. The van der Waals surface area contributed by atoms with E-state index in [4.69, 9.17) is 5.73 Å². The number of nitrogens with one attached hydrogen (secondary N) is 2. The van der Waals surface area contributed by atoms with Crippen LogP contribution in [0.3, 0.4) is 0 Å². The molecule has 1 aromatic carbocycles. The molecule has 0 aromatic heterocycles. The fraction of sp³-hybridized carbons (Fsp3) is 0.429. The maximum absolute atomic E-state index is 11.9. The SMILES string of the molecule is CCC(=O)Nc1cccc(NC(=O)[C@@H](N)CCSC)c1. The number of rotatable bonds is 7. The van der Waals surface area contributed by atoms with Crippen molar-refractivity contribution in [1.82, 2.24) is 0 Å². The molecule has 0 unspecified atom stereocenters. The molecule has 0 aliphatic heterocycles. The number of carbonyl (C=O) groups is 2. The summed E-state index contributed by atoms with van der Waals surface area (Å²) in [6.45, 7) is 1.78. The fourth-order valence-corrected chi connectivity index (χ4v) is 2.02. The van der Waals surface area contributed by atoms with E-state index in [9.17, 15) is 9.59 Å². The number of thioether (sulfide) groups is 1. The summed E-state index contributed by atoms with van der Waals surface area (Å²) in [7, 11) is 0. The zero-order valence-corrected chi connectivity index (χ0v) is 12.6. The van der Waals surface area contributed by atoms with Gasteiger partial charge in [0, 0.05) is 17.8 Å². The number of hydrogen-bond acceptors (Lipinski definition) is 4. The van der Waals surface area contributed by atoms with Crippen LogP contribution in [0.15, 0.2) is 24.3 Å². The first-order chi connectivity index (χ1) is 9.56. The maximum atomic E-state index is 11.9. The third kappa shape index (κ3) is 5.63. The van der Waals surface area contributed by atoms with Crippen molar-refractivity contribution in [1.29, 1.82) is 0 Å². The molecule has 4 N–H and O–H groups in total. The zero-order chi connectivity index (χ0) is 15.0. The summed E-state index contributed by atoms with van der Waals surface area (Å²) >= 11 is 1.66. The van der Waals surface area contributed by atoms with E-state index in [1.54, 1.807) is 43.0 Å². The van der Waals surface area contributed by atoms with Gasteiger partial charge in [-0.2, -0.15) is 11.8 Å². The summed E-state index contributed by atoms with van der Waals surface area (Å²) in [5.74, 6) is 0.574. The lowest BCUT2D eigenvalue weighted by molar-refractivity contribution is -0.117. The molecule has 0 heterocycles. The van der Waals surface area contributed by atoms with E-state index < -0.39 is 6.04 Å². The third-order valence-corrected chi connectivity index (χ3v) is 3.35. The Bertz CT molecular complexity index is 465. The molecule has 0 saturated heterocycles. The summed E-state index contributed by atoms with van der Waals surface area (Å²) in [4.78, 5) is 23.2. The molecule has 2 amide bonds. The van der Waals surface area contributed by atoms with Crippen molar-refractivity contribution in [2.75, 3.05) is 22.6 Å². The van der Waals surface area contributed by atoms with Crippen LogP contribution in [0.4, 0.5) is 11.4 Å². The molecular weight excluding hydrogens is 274 g/mol. The fourth-order valence-electron chi connectivity index (χ4n) is 1.53. The molecule has 1 aromatic rings. The van der Waals surface area contributed by atoms with Gasteiger partial charge in [-0.1, -0.05) is 13.0 Å². The van der Waals surface area contributed by atoms with Gasteiger partial charge < -0.3 is 16.4 Å². The average molecular weight is 295 g/mol. The number of nitrogens with two attached hydrogens (primary N) is 1. The molecule has 0 radical (unpaired) electrons. The minimum absolute atomic E-state index is 0.0647. The van der Waals surface area contributed by atoms with Crippen LogP contribution < -0.4 is 16.4 Å². The highest BCUT2D eigenvalue weighted by atomic mass is 32.2. The van der Waals surface area contributed by atoms with Crippen molar-refractivity contribution in [3.63, 3.8) is 0 Å². The highest BCUT2D eigenvalue weighted by Crippen LogP contribution is 2.15. The van der Waals surface area contributed by atoms with Gasteiger partial charge in [-0.05, 0) is 36.6 Å². The lowest BCUT2D eigenvalue weighted by Crippen LogP contribution is -2.36. The van der Waals surface area contributed by atoms with Gasteiger partial charge in [-0.3, -0.25) is 9.59 Å². The van der Waals surface area contributed by atoms with Crippen LogP contribution in [0.2, 0.25) is 0 Å². The summed E-state index contributed by atoms with van der Waals surface area (Å²) < 4.78 is 0. The van der Waals surface area contributed by atoms with Gasteiger partial charge >= 0.3 is 0 Å². The molecule has 6 heteroatoms. The minimum Gasteiger partial charge on any atom is -0.326 e. The normalized spacial score (nSPS) is 11.8. The Kier molecular flexibility index (Phi) is 7.11. The van der Waals surface area contributed by atoms with Crippen LogP contribution in [-0.4, -0.2) is 29.9 Å². The Labute approximate surface area is 123 Å². The van der Waals surface area contributed by atoms with Crippen LogP contribution in [-0.2, 0) is 9.59 Å². The van der Waals surface area contributed by atoms with Crippen LogP contribution in [0, 0.1) is 0 Å². The summed E-state index contributed by atoms with van der Waals surface area (Å²) in [5.41, 5.74) is 7.08. The van der Waals surface area contributed by atoms with E-state index in [2.05, 4.69) is 10.6 Å². The smallest absolute Gasteiger partial charge is 0.241 e.